The zero-order valence-corrected chi connectivity index (χ0v) is 12.6. The number of benzene rings is 2. The fourth-order valence-corrected chi connectivity index (χ4v) is 3.53. The van der Waals surface area contributed by atoms with Gasteiger partial charge in [-0.15, -0.1) is 12.4 Å². The molecule has 1 amide bonds. The number of amides is 1. The number of rotatable bonds is 1. The second kappa shape index (κ2) is 5.66. The minimum absolute atomic E-state index is 0. The van der Waals surface area contributed by atoms with E-state index in [4.69, 9.17) is 0 Å². The standard InChI is InChI=1S/C17H18N2O.ClH/c20-17(19-10-15-8-18-9-16(15)11-19)14-6-5-12-3-1-2-4-13(12)7-14;/h1-7,15-16,18H,8-11H2;1H/t15-,16+;. The highest BCUT2D eigenvalue weighted by Crippen LogP contribution is 2.28. The van der Waals surface area contributed by atoms with Gasteiger partial charge in [0.1, 0.15) is 0 Å². The highest BCUT2D eigenvalue weighted by Gasteiger charge is 2.38. The van der Waals surface area contributed by atoms with E-state index in [1.807, 2.05) is 35.2 Å². The average Bonchev–Trinajstić information content (AvgIpc) is 3.07. The topological polar surface area (TPSA) is 32.3 Å². The van der Waals surface area contributed by atoms with Crippen molar-refractivity contribution in [3.63, 3.8) is 0 Å². The molecule has 2 saturated heterocycles. The van der Waals surface area contributed by atoms with E-state index in [0.29, 0.717) is 11.8 Å². The normalized spacial score (nSPS) is 23.9. The molecule has 0 aromatic heterocycles. The molecule has 0 saturated carbocycles. The molecule has 1 N–H and O–H groups in total. The number of fused-ring (bicyclic) bond motifs is 2. The molecule has 0 aliphatic carbocycles. The van der Waals surface area contributed by atoms with E-state index in [1.165, 1.54) is 5.39 Å². The van der Waals surface area contributed by atoms with E-state index in [1.54, 1.807) is 0 Å². The maximum Gasteiger partial charge on any atom is 0.253 e. The van der Waals surface area contributed by atoms with E-state index in [2.05, 4.69) is 17.4 Å². The second-order valence-electron chi connectivity index (χ2n) is 5.95. The molecule has 0 radical (unpaired) electrons. The molecule has 2 aliphatic heterocycles. The van der Waals surface area contributed by atoms with Gasteiger partial charge in [0.15, 0.2) is 0 Å². The van der Waals surface area contributed by atoms with Gasteiger partial charge in [-0.25, -0.2) is 0 Å². The Kier molecular flexibility index (Phi) is 3.87. The molecule has 2 aliphatic rings. The largest absolute Gasteiger partial charge is 0.338 e. The van der Waals surface area contributed by atoms with Crippen LogP contribution in [0.15, 0.2) is 42.5 Å². The smallest absolute Gasteiger partial charge is 0.253 e. The van der Waals surface area contributed by atoms with Gasteiger partial charge in [0, 0.05) is 31.7 Å². The number of hydrogen-bond donors (Lipinski definition) is 1. The number of carbonyl (C=O) groups is 1. The lowest BCUT2D eigenvalue weighted by Crippen LogP contribution is -2.31. The summed E-state index contributed by atoms with van der Waals surface area (Å²) in [6.07, 6.45) is 0. The second-order valence-corrected chi connectivity index (χ2v) is 5.95. The number of nitrogens with one attached hydrogen (secondary N) is 1. The maximum atomic E-state index is 12.6. The van der Waals surface area contributed by atoms with Crippen molar-refractivity contribution < 1.29 is 4.79 Å². The molecule has 2 aromatic rings. The van der Waals surface area contributed by atoms with Crippen molar-refractivity contribution >= 4 is 29.1 Å². The maximum absolute atomic E-state index is 12.6. The van der Waals surface area contributed by atoms with Crippen molar-refractivity contribution in [2.75, 3.05) is 26.2 Å². The molecular weight excluding hydrogens is 284 g/mol. The van der Waals surface area contributed by atoms with Gasteiger partial charge in [-0.3, -0.25) is 4.79 Å². The van der Waals surface area contributed by atoms with Crippen molar-refractivity contribution in [2.24, 2.45) is 11.8 Å². The lowest BCUT2D eigenvalue weighted by atomic mass is 10.0. The summed E-state index contributed by atoms with van der Waals surface area (Å²) in [5.74, 6) is 1.49. The molecule has 0 bridgehead atoms. The van der Waals surface area contributed by atoms with E-state index in [-0.39, 0.29) is 18.3 Å². The first-order chi connectivity index (χ1) is 9.81. The molecule has 0 unspecified atom stereocenters. The third-order valence-electron chi connectivity index (χ3n) is 4.67. The zero-order chi connectivity index (χ0) is 13.5. The molecular formula is C17H19ClN2O. The third-order valence-corrected chi connectivity index (χ3v) is 4.67. The zero-order valence-electron chi connectivity index (χ0n) is 11.8. The van der Waals surface area contributed by atoms with Gasteiger partial charge in [-0.1, -0.05) is 30.3 Å². The first-order valence-electron chi connectivity index (χ1n) is 7.30. The van der Waals surface area contributed by atoms with Crippen molar-refractivity contribution in [1.82, 2.24) is 10.2 Å². The van der Waals surface area contributed by atoms with Crippen LogP contribution < -0.4 is 5.32 Å². The molecule has 4 rings (SSSR count). The number of carbonyl (C=O) groups excluding carboxylic acids is 1. The molecule has 4 heteroatoms. The SMILES string of the molecule is Cl.O=C(c1ccc2ccccc2c1)N1C[C@H]2CNC[C@H]2C1. The van der Waals surface area contributed by atoms with E-state index < -0.39 is 0 Å². The molecule has 2 atom stereocenters. The van der Waals surface area contributed by atoms with Crippen LogP contribution in [-0.2, 0) is 0 Å². The first-order valence-corrected chi connectivity index (χ1v) is 7.30. The van der Waals surface area contributed by atoms with Crippen LogP contribution in [0.2, 0.25) is 0 Å². The Morgan fingerprint density at radius 2 is 1.67 bits per heavy atom. The summed E-state index contributed by atoms with van der Waals surface area (Å²) in [4.78, 5) is 14.7. The fraction of sp³-hybridized carbons (Fsp3) is 0.353. The van der Waals surface area contributed by atoms with Crippen molar-refractivity contribution in [2.45, 2.75) is 0 Å². The monoisotopic (exact) mass is 302 g/mol. The summed E-state index contributed by atoms with van der Waals surface area (Å²) < 4.78 is 0. The molecule has 2 fully saturated rings. The summed E-state index contributed by atoms with van der Waals surface area (Å²) in [6.45, 7) is 3.94. The van der Waals surface area contributed by atoms with Gasteiger partial charge in [-0.05, 0) is 34.7 Å². The molecule has 110 valence electrons. The first kappa shape index (κ1) is 14.4. The van der Waals surface area contributed by atoms with Gasteiger partial charge in [0.05, 0.1) is 0 Å². The van der Waals surface area contributed by atoms with Crippen LogP contribution in [0, 0.1) is 11.8 Å². The Morgan fingerprint density at radius 3 is 2.38 bits per heavy atom. The molecule has 2 heterocycles. The van der Waals surface area contributed by atoms with Crippen LogP contribution >= 0.6 is 12.4 Å². The van der Waals surface area contributed by atoms with Crippen LogP contribution in [0.5, 0.6) is 0 Å². The van der Waals surface area contributed by atoms with Crippen LogP contribution in [0.1, 0.15) is 10.4 Å². The van der Waals surface area contributed by atoms with Gasteiger partial charge in [0.25, 0.3) is 5.91 Å². The Morgan fingerprint density at radius 1 is 1.00 bits per heavy atom. The molecule has 2 aromatic carbocycles. The predicted molar refractivity (Wildman–Crippen MR) is 86.9 cm³/mol. The van der Waals surface area contributed by atoms with E-state index >= 15 is 0 Å². The lowest BCUT2D eigenvalue weighted by Gasteiger charge is -2.17. The Balaban J connectivity index is 0.00000132. The Bertz CT molecular complexity index is 661. The van der Waals surface area contributed by atoms with E-state index in [0.717, 1.165) is 37.1 Å². The lowest BCUT2D eigenvalue weighted by molar-refractivity contribution is 0.0782. The van der Waals surface area contributed by atoms with Crippen molar-refractivity contribution in [1.29, 1.82) is 0 Å². The quantitative estimate of drug-likeness (QED) is 0.878. The van der Waals surface area contributed by atoms with Crippen LogP contribution in [0.4, 0.5) is 0 Å². The van der Waals surface area contributed by atoms with Gasteiger partial charge in [0.2, 0.25) is 0 Å². The molecule has 3 nitrogen and oxygen atoms in total. The molecule has 0 spiro atoms. The minimum atomic E-state index is 0. The Hall–Kier alpha value is -1.58. The average molecular weight is 303 g/mol. The molecule has 21 heavy (non-hydrogen) atoms. The minimum Gasteiger partial charge on any atom is -0.338 e. The highest BCUT2D eigenvalue weighted by atomic mass is 35.5. The van der Waals surface area contributed by atoms with Gasteiger partial charge < -0.3 is 10.2 Å². The summed E-state index contributed by atoms with van der Waals surface area (Å²) in [5.41, 5.74) is 0.816. The van der Waals surface area contributed by atoms with E-state index in [9.17, 15) is 4.79 Å². The van der Waals surface area contributed by atoms with Crippen molar-refractivity contribution in [3.8, 4) is 0 Å². The number of likely N-dealkylation sites (tertiary alicyclic amines) is 1. The van der Waals surface area contributed by atoms with Crippen molar-refractivity contribution in [3.05, 3.63) is 48.0 Å². The summed E-state index contributed by atoms with van der Waals surface area (Å²) in [6, 6.07) is 14.2. The Labute approximate surface area is 130 Å². The third kappa shape index (κ3) is 2.52. The fourth-order valence-electron chi connectivity index (χ4n) is 3.53. The summed E-state index contributed by atoms with van der Waals surface area (Å²) in [7, 11) is 0. The number of nitrogens with zero attached hydrogens (tertiary/aromatic N) is 1. The van der Waals surface area contributed by atoms with Crippen LogP contribution in [-0.4, -0.2) is 37.0 Å². The highest BCUT2D eigenvalue weighted by molar-refractivity contribution is 5.98. The van der Waals surface area contributed by atoms with Crippen LogP contribution in [0.25, 0.3) is 10.8 Å². The summed E-state index contributed by atoms with van der Waals surface area (Å²) >= 11 is 0. The predicted octanol–water partition coefficient (Wildman–Crippen LogP) is 2.55. The van der Waals surface area contributed by atoms with Gasteiger partial charge >= 0.3 is 0 Å². The number of hydrogen-bond acceptors (Lipinski definition) is 2. The number of halogens is 1. The van der Waals surface area contributed by atoms with Crippen LogP contribution in [0.3, 0.4) is 0 Å². The summed E-state index contributed by atoms with van der Waals surface area (Å²) in [5, 5.41) is 5.73. The van der Waals surface area contributed by atoms with Gasteiger partial charge in [-0.2, -0.15) is 0 Å².